The smallest absolute Gasteiger partial charge is 0.00925 e. The molecule has 1 fully saturated rings. The molecule has 1 N–H and O–H groups in total. The van der Waals surface area contributed by atoms with Crippen LogP contribution in [0.4, 0.5) is 0 Å². The van der Waals surface area contributed by atoms with Crippen LogP contribution in [0.25, 0.3) is 0 Å². The lowest BCUT2D eigenvalue weighted by Crippen LogP contribution is -2.41. The summed E-state index contributed by atoms with van der Waals surface area (Å²) < 4.78 is 0. The van der Waals surface area contributed by atoms with Gasteiger partial charge in [0.25, 0.3) is 0 Å². The monoisotopic (exact) mass is 239 g/mol. The molecule has 1 aliphatic rings. The Hall–Kier alpha value is -0.0400. The van der Waals surface area contributed by atoms with Crippen molar-refractivity contribution in [2.75, 3.05) is 7.05 Å². The molecule has 1 saturated carbocycles. The number of unbranched alkanes of at least 4 members (excludes halogenated alkanes) is 2. The van der Waals surface area contributed by atoms with Gasteiger partial charge in [-0.15, -0.1) is 0 Å². The van der Waals surface area contributed by atoms with Crippen molar-refractivity contribution in [1.29, 1.82) is 0 Å². The molecule has 0 bridgehead atoms. The lowest BCUT2D eigenvalue weighted by Gasteiger charge is -2.42. The van der Waals surface area contributed by atoms with Gasteiger partial charge in [-0.1, -0.05) is 47.0 Å². The van der Waals surface area contributed by atoms with E-state index >= 15 is 0 Å². The second kappa shape index (κ2) is 6.78. The summed E-state index contributed by atoms with van der Waals surface area (Å²) in [5, 5.41) is 3.55. The Kier molecular flexibility index (Phi) is 5.99. The molecule has 0 spiro atoms. The third-order valence-corrected chi connectivity index (χ3v) is 4.76. The van der Waals surface area contributed by atoms with E-state index in [2.05, 4.69) is 40.1 Å². The van der Waals surface area contributed by atoms with Gasteiger partial charge in [-0.25, -0.2) is 0 Å². The normalized spacial score (nSPS) is 30.5. The Balaban J connectivity index is 2.49. The molecular weight excluding hydrogens is 206 g/mol. The molecule has 17 heavy (non-hydrogen) atoms. The van der Waals surface area contributed by atoms with E-state index in [0.29, 0.717) is 5.41 Å². The Morgan fingerprint density at radius 1 is 1.12 bits per heavy atom. The minimum atomic E-state index is 0.502. The zero-order valence-corrected chi connectivity index (χ0v) is 12.7. The largest absolute Gasteiger partial charge is 0.317 e. The van der Waals surface area contributed by atoms with Crippen molar-refractivity contribution in [2.45, 2.75) is 78.7 Å². The Morgan fingerprint density at radius 3 is 2.35 bits per heavy atom. The minimum absolute atomic E-state index is 0.502. The van der Waals surface area contributed by atoms with Crippen LogP contribution in [0.2, 0.25) is 0 Å². The van der Waals surface area contributed by atoms with E-state index in [9.17, 15) is 0 Å². The molecule has 3 unspecified atom stereocenters. The zero-order chi connectivity index (χ0) is 12.9. The van der Waals surface area contributed by atoms with Gasteiger partial charge in [-0.05, 0) is 50.0 Å². The summed E-state index contributed by atoms with van der Waals surface area (Å²) in [5.41, 5.74) is 0.502. The van der Waals surface area contributed by atoms with Crippen molar-refractivity contribution >= 4 is 0 Å². The van der Waals surface area contributed by atoms with Crippen molar-refractivity contribution < 1.29 is 0 Å². The summed E-state index contributed by atoms with van der Waals surface area (Å²) in [6.45, 7) is 9.55. The molecule has 0 heterocycles. The van der Waals surface area contributed by atoms with E-state index in [-0.39, 0.29) is 0 Å². The zero-order valence-electron chi connectivity index (χ0n) is 12.7. The fourth-order valence-corrected chi connectivity index (χ4v) is 3.41. The van der Waals surface area contributed by atoms with Crippen molar-refractivity contribution in [1.82, 2.24) is 5.32 Å². The predicted octanol–water partition coefficient (Wildman–Crippen LogP) is 4.62. The van der Waals surface area contributed by atoms with E-state index in [4.69, 9.17) is 0 Å². The maximum absolute atomic E-state index is 3.55. The van der Waals surface area contributed by atoms with E-state index in [1.807, 2.05) is 0 Å². The Morgan fingerprint density at radius 2 is 1.82 bits per heavy atom. The molecular formula is C16H33N. The number of nitrogens with one attached hydrogen (secondary N) is 1. The van der Waals surface area contributed by atoms with Gasteiger partial charge in [-0.2, -0.15) is 0 Å². The molecule has 1 rings (SSSR count). The Labute approximate surface area is 109 Å². The van der Waals surface area contributed by atoms with E-state index < -0.39 is 0 Å². The lowest BCUT2D eigenvalue weighted by molar-refractivity contribution is 0.111. The summed E-state index contributed by atoms with van der Waals surface area (Å²) in [5.74, 6) is 1.85. The average molecular weight is 239 g/mol. The third-order valence-electron chi connectivity index (χ3n) is 4.76. The first kappa shape index (κ1) is 15.0. The summed E-state index contributed by atoms with van der Waals surface area (Å²) in [6, 6.07) is 0.783. The Bertz CT molecular complexity index is 204. The molecule has 0 aromatic rings. The number of hydrogen-bond donors (Lipinski definition) is 1. The second-order valence-corrected chi connectivity index (χ2v) is 7.03. The van der Waals surface area contributed by atoms with Crippen molar-refractivity contribution in [2.24, 2.45) is 17.3 Å². The molecule has 1 aliphatic carbocycles. The van der Waals surface area contributed by atoms with Crippen LogP contribution in [0, 0.1) is 17.3 Å². The van der Waals surface area contributed by atoms with Gasteiger partial charge in [0.15, 0.2) is 0 Å². The second-order valence-electron chi connectivity index (χ2n) is 7.03. The minimum Gasteiger partial charge on any atom is -0.317 e. The average Bonchev–Trinajstić information content (AvgIpc) is 2.28. The third kappa shape index (κ3) is 4.62. The van der Waals surface area contributed by atoms with Gasteiger partial charge in [-0.3, -0.25) is 0 Å². The molecule has 0 radical (unpaired) electrons. The highest BCUT2D eigenvalue weighted by molar-refractivity contribution is 4.88. The maximum atomic E-state index is 3.55. The molecule has 0 aromatic heterocycles. The summed E-state index contributed by atoms with van der Waals surface area (Å²) in [7, 11) is 2.15. The fraction of sp³-hybridized carbons (Fsp3) is 1.00. The fourth-order valence-electron chi connectivity index (χ4n) is 3.41. The van der Waals surface area contributed by atoms with Gasteiger partial charge in [0, 0.05) is 6.04 Å². The standard InChI is InChI=1S/C16H33N/c1-6-7-8-9-13-12-14(16(2,3)4)10-11-15(13)17-5/h13-15,17H,6-12H2,1-5H3. The van der Waals surface area contributed by atoms with E-state index in [1.165, 1.54) is 44.9 Å². The van der Waals surface area contributed by atoms with E-state index in [1.54, 1.807) is 0 Å². The van der Waals surface area contributed by atoms with Gasteiger partial charge in [0.1, 0.15) is 0 Å². The highest BCUT2D eigenvalue weighted by Crippen LogP contribution is 2.41. The molecule has 0 saturated heterocycles. The van der Waals surface area contributed by atoms with Gasteiger partial charge < -0.3 is 5.32 Å². The first-order valence-electron chi connectivity index (χ1n) is 7.66. The SMILES string of the molecule is CCCCCC1CC(C(C)(C)C)CCC1NC. The van der Waals surface area contributed by atoms with Crippen LogP contribution in [0.3, 0.4) is 0 Å². The van der Waals surface area contributed by atoms with Crippen molar-refractivity contribution in [3.8, 4) is 0 Å². The van der Waals surface area contributed by atoms with Crippen molar-refractivity contribution in [3.63, 3.8) is 0 Å². The molecule has 1 heteroatoms. The van der Waals surface area contributed by atoms with Crippen LogP contribution >= 0.6 is 0 Å². The lowest BCUT2D eigenvalue weighted by atomic mass is 9.66. The van der Waals surface area contributed by atoms with Gasteiger partial charge in [0.05, 0.1) is 0 Å². The highest BCUT2D eigenvalue weighted by Gasteiger charge is 2.34. The highest BCUT2D eigenvalue weighted by atomic mass is 14.9. The molecule has 1 nitrogen and oxygen atoms in total. The van der Waals surface area contributed by atoms with Crippen LogP contribution in [-0.2, 0) is 0 Å². The number of hydrogen-bond acceptors (Lipinski definition) is 1. The number of rotatable bonds is 5. The topological polar surface area (TPSA) is 12.0 Å². The van der Waals surface area contributed by atoms with Crippen LogP contribution < -0.4 is 5.32 Å². The van der Waals surface area contributed by atoms with Crippen molar-refractivity contribution in [3.05, 3.63) is 0 Å². The molecule has 3 atom stereocenters. The first-order valence-corrected chi connectivity index (χ1v) is 7.66. The quantitative estimate of drug-likeness (QED) is 0.690. The van der Waals surface area contributed by atoms with E-state index in [0.717, 1.165) is 17.9 Å². The summed E-state index contributed by atoms with van der Waals surface area (Å²) >= 11 is 0. The van der Waals surface area contributed by atoms with Crippen LogP contribution in [0.5, 0.6) is 0 Å². The van der Waals surface area contributed by atoms with Crippen LogP contribution in [-0.4, -0.2) is 13.1 Å². The summed E-state index contributed by atoms with van der Waals surface area (Å²) in [4.78, 5) is 0. The first-order chi connectivity index (χ1) is 7.99. The molecule has 0 aromatic carbocycles. The maximum Gasteiger partial charge on any atom is 0.00925 e. The molecule has 102 valence electrons. The summed E-state index contributed by atoms with van der Waals surface area (Å²) in [6.07, 6.45) is 9.86. The van der Waals surface area contributed by atoms with Crippen LogP contribution in [0.1, 0.15) is 72.6 Å². The van der Waals surface area contributed by atoms with Gasteiger partial charge >= 0.3 is 0 Å². The van der Waals surface area contributed by atoms with Gasteiger partial charge in [0.2, 0.25) is 0 Å². The molecule has 0 amide bonds. The predicted molar refractivity (Wildman–Crippen MR) is 77.3 cm³/mol. The van der Waals surface area contributed by atoms with Crippen LogP contribution in [0.15, 0.2) is 0 Å². The molecule has 0 aliphatic heterocycles.